The van der Waals surface area contributed by atoms with Crippen LogP contribution in [-0.4, -0.2) is 43.8 Å². The molecule has 0 aliphatic carbocycles. The Morgan fingerprint density at radius 1 is 1.12 bits per heavy atom. The number of hydrogen-bond donors (Lipinski definition) is 2. The van der Waals surface area contributed by atoms with E-state index in [9.17, 15) is 9.59 Å². The minimum absolute atomic E-state index is 0.0488. The van der Waals surface area contributed by atoms with Crippen LogP contribution in [0, 0.1) is 12.3 Å². The number of ether oxygens (including phenoxy) is 1. The molecule has 0 fully saturated rings. The van der Waals surface area contributed by atoms with Gasteiger partial charge in [-0.1, -0.05) is 18.2 Å². The number of carbonyl (C=O) groups is 2. The van der Waals surface area contributed by atoms with Crippen molar-refractivity contribution in [2.24, 2.45) is 10.2 Å². The maximum Gasteiger partial charge on any atom is 0.251 e. The molecule has 0 saturated heterocycles. The Morgan fingerprint density at radius 2 is 1.88 bits per heavy atom. The molecule has 1 heterocycles. The van der Waals surface area contributed by atoms with E-state index in [0.717, 1.165) is 6.42 Å². The number of nitrogens with zero attached hydrogens (tertiary/aromatic N) is 2. The largest absolute Gasteiger partial charge is 0.370 e. The number of nitrogens with one attached hydrogen (secondary N) is 2. The van der Waals surface area contributed by atoms with E-state index >= 15 is 0 Å². The number of rotatable bonds is 11. The summed E-state index contributed by atoms with van der Waals surface area (Å²) in [4.78, 5) is 23.4. The van der Waals surface area contributed by atoms with Crippen LogP contribution in [0.3, 0.4) is 0 Å². The van der Waals surface area contributed by atoms with Gasteiger partial charge < -0.3 is 15.4 Å². The average Bonchev–Trinajstić information content (AvgIpc) is 3.40. The predicted octanol–water partition coefficient (Wildman–Crippen LogP) is 1.51. The van der Waals surface area contributed by atoms with Crippen LogP contribution in [-0.2, 0) is 9.53 Å². The average molecular weight is 342 g/mol. The van der Waals surface area contributed by atoms with E-state index in [1.165, 1.54) is 0 Å². The van der Waals surface area contributed by atoms with Gasteiger partial charge >= 0.3 is 0 Å². The summed E-state index contributed by atoms with van der Waals surface area (Å²) < 4.78 is 5.24. The molecule has 1 aromatic rings. The van der Waals surface area contributed by atoms with Crippen molar-refractivity contribution in [2.45, 2.75) is 24.9 Å². The van der Waals surface area contributed by atoms with Crippen molar-refractivity contribution < 1.29 is 14.3 Å². The van der Waals surface area contributed by atoms with Crippen LogP contribution in [0.4, 0.5) is 0 Å². The van der Waals surface area contributed by atoms with Gasteiger partial charge in [0, 0.05) is 37.9 Å². The third kappa shape index (κ3) is 6.73. The van der Waals surface area contributed by atoms with Gasteiger partial charge in [-0.25, -0.2) is 0 Å². The van der Waals surface area contributed by atoms with E-state index in [4.69, 9.17) is 11.2 Å². The zero-order valence-corrected chi connectivity index (χ0v) is 14.0. The zero-order chi connectivity index (χ0) is 18.0. The molecule has 7 nitrogen and oxygen atoms in total. The molecule has 132 valence electrons. The first-order valence-corrected chi connectivity index (χ1v) is 8.20. The van der Waals surface area contributed by atoms with E-state index < -0.39 is 0 Å². The summed E-state index contributed by atoms with van der Waals surface area (Å²) in [7, 11) is 0. The summed E-state index contributed by atoms with van der Waals surface area (Å²) in [6, 6.07) is 8.92. The van der Waals surface area contributed by atoms with Crippen molar-refractivity contribution in [3.8, 4) is 12.3 Å². The molecule has 0 bridgehead atoms. The summed E-state index contributed by atoms with van der Waals surface area (Å²) in [6.45, 7) is 1.04. The summed E-state index contributed by atoms with van der Waals surface area (Å²) in [5, 5.41) is 13.5. The molecule has 0 unspecified atom stereocenters. The molecule has 25 heavy (non-hydrogen) atoms. The highest BCUT2D eigenvalue weighted by molar-refractivity contribution is 5.94. The minimum atomic E-state index is -0.387. The molecule has 0 radical (unpaired) electrons. The van der Waals surface area contributed by atoms with Crippen molar-refractivity contribution in [3.05, 3.63) is 35.9 Å². The fourth-order valence-corrected chi connectivity index (χ4v) is 2.21. The normalized spacial score (nSPS) is 13.7. The van der Waals surface area contributed by atoms with Gasteiger partial charge in [0.2, 0.25) is 5.91 Å². The quantitative estimate of drug-likeness (QED) is 0.472. The molecular weight excluding hydrogens is 320 g/mol. The number of carbonyl (C=O) groups excluding carboxylic acids is 2. The molecule has 1 aliphatic heterocycles. The molecule has 2 rings (SSSR count). The summed E-state index contributed by atoms with van der Waals surface area (Å²) in [5.74, 6) is 2.19. The molecule has 1 aromatic carbocycles. The number of hydrogen-bond acceptors (Lipinski definition) is 5. The van der Waals surface area contributed by atoms with Gasteiger partial charge in [0.05, 0.1) is 6.61 Å². The Balaban J connectivity index is 1.49. The first-order valence-electron chi connectivity index (χ1n) is 8.20. The molecule has 0 saturated carbocycles. The lowest BCUT2D eigenvalue weighted by Crippen LogP contribution is -2.33. The fraction of sp³-hybridized carbons (Fsp3) is 0.444. The standard InChI is InChI=1S/C18H22N4O3/c1-2-3-9-18(21-22-18)10-11-19-16(23)14-25-13-12-20-17(24)15-7-5-4-6-8-15/h1,4-8H,3,9-14H2,(H,19,23)(H,20,24). The summed E-state index contributed by atoms with van der Waals surface area (Å²) in [5.41, 5.74) is 0.206. The Morgan fingerprint density at radius 3 is 2.56 bits per heavy atom. The van der Waals surface area contributed by atoms with Gasteiger partial charge in [-0.05, 0) is 12.1 Å². The Labute approximate surface area is 147 Å². The van der Waals surface area contributed by atoms with Crippen LogP contribution in [0.2, 0.25) is 0 Å². The summed E-state index contributed by atoms with van der Waals surface area (Å²) in [6.07, 6.45) is 7.22. The molecule has 0 aromatic heterocycles. The summed E-state index contributed by atoms with van der Waals surface area (Å²) >= 11 is 0. The second kappa shape index (κ2) is 9.55. The minimum Gasteiger partial charge on any atom is -0.370 e. The lowest BCUT2D eigenvalue weighted by Gasteiger charge is -2.10. The highest BCUT2D eigenvalue weighted by atomic mass is 16.5. The molecule has 2 N–H and O–H groups in total. The lowest BCUT2D eigenvalue weighted by molar-refractivity contribution is -0.125. The molecular formula is C18H22N4O3. The maximum atomic E-state index is 11.8. The SMILES string of the molecule is C#CCCC1(CCNC(=O)COCCNC(=O)c2ccccc2)N=N1. The van der Waals surface area contributed by atoms with Crippen molar-refractivity contribution in [2.75, 3.05) is 26.3 Å². The van der Waals surface area contributed by atoms with Crippen LogP contribution in [0.15, 0.2) is 40.6 Å². The third-order valence-corrected chi connectivity index (χ3v) is 3.70. The topological polar surface area (TPSA) is 92.2 Å². The molecule has 1 aliphatic rings. The molecule has 0 atom stereocenters. The van der Waals surface area contributed by atoms with Gasteiger partial charge in [-0.3, -0.25) is 9.59 Å². The van der Waals surface area contributed by atoms with Crippen molar-refractivity contribution in [3.63, 3.8) is 0 Å². The van der Waals surface area contributed by atoms with E-state index in [0.29, 0.717) is 31.5 Å². The van der Waals surface area contributed by atoms with Crippen LogP contribution >= 0.6 is 0 Å². The first-order chi connectivity index (χ1) is 12.2. The highest BCUT2D eigenvalue weighted by Gasteiger charge is 2.38. The van der Waals surface area contributed by atoms with Crippen molar-refractivity contribution in [1.82, 2.24) is 10.6 Å². The van der Waals surface area contributed by atoms with Crippen LogP contribution in [0.25, 0.3) is 0 Å². The van der Waals surface area contributed by atoms with Crippen LogP contribution < -0.4 is 10.6 Å². The molecule has 7 heteroatoms. The molecule has 0 spiro atoms. The maximum absolute atomic E-state index is 11.8. The smallest absolute Gasteiger partial charge is 0.251 e. The Bertz CT molecular complexity index is 646. The van der Waals surface area contributed by atoms with E-state index in [1.54, 1.807) is 24.3 Å². The fourth-order valence-electron chi connectivity index (χ4n) is 2.21. The number of benzene rings is 1. The van der Waals surface area contributed by atoms with Gasteiger partial charge in [0.15, 0.2) is 5.66 Å². The molecule has 2 amide bonds. The van der Waals surface area contributed by atoms with Gasteiger partial charge in [0.1, 0.15) is 6.61 Å². The lowest BCUT2D eigenvalue weighted by atomic mass is 10.0. The van der Waals surface area contributed by atoms with E-state index in [2.05, 4.69) is 26.8 Å². The van der Waals surface area contributed by atoms with Gasteiger partial charge in [-0.15, -0.1) is 12.3 Å². The third-order valence-electron chi connectivity index (χ3n) is 3.70. The van der Waals surface area contributed by atoms with Crippen molar-refractivity contribution in [1.29, 1.82) is 0 Å². The first kappa shape index (κ1) is 18.6. The predicted molar refractivity (Wildman–Crippen MR) is 92.9 cm³/mol. The van der Waals surface area contributed by atoms with Gasteiger partial charge in [-0.2, -0.15) is 10.2 Å². The number of amides is 2. The van der Waals surface area contributed by atoms with Crippen molar-refractivity contribution >= 4 is 11.8 Å². The zero-order valence-electron chi connectivity index (χ0n) is 14.0. The van der Waals surface area contributed by atoms with Crippen LogP contribution in [0.1, 0.15) is 29.6 Å². The van der Waals surface area contributed by atoms with E-state index in [1.807, 2.05) is 6.07 Å². The van der Waals surface area contributed by atoms with E-state index in [-0.39, 0.29) is 30.7 Å². The Hall–Kier alpha value is -2.72. The second-order valence-electron chi connectivity index (χ2n) is 5.66. The number of terminal acetylenes is 1. The monoisotopic (exact) mass is 342 g/mol. The highest BCUT2D eigenvalue weighted by Crippen LogP contribution is 2.35. The Kier molecular flexibility index (Phi) is 7.11. The second-order valence-corrected chi connectivity index (χ2v) is 5.66. The van der Waals surface area contributed by atoms with Gasteiger partial charge in [0.25, 0.3) is 5.91 Å². The van der Waals surface area contributed by atoms with Crippen LogP contribution in [0.5, 0.6) is 0 Å².